The lowest BCUT2D eigenvalue weighted by atomic mass is 9.98. The summed E-state index contributed by atoms with van der Waals surface area (Å²) >= 11 is 0. The molecule has 7 rings (SSSR count). The van der Waals surface area contributed by atoms with Crippen molar-refractivity contribution in [1.82, 2.24) is 30.1 Å². The Labute approximate surface area is 214 Å². The molecule has 5 aromatic heterocycles. The van der Waals surface area contributed by atoms with E-state index in [0.717, 1.165) is 74.0 Å². The molecule has 5 heterocycles. The van der Waals surface area contributed by atoms with E-state index in [4.69, 9.17) is 4.74 Å². The zero-order valence-corrected chi connectivity index (χ0v) is 20.3. The second-order valence-corrected chi connectivity index (χ2v) is 9.69. The number of nitrogens with one attached hydrogen (secondary N) is 2. The number of aromatic nitrogens is 6. The van der Waals surface area contributed by atoms with E-state index in [-0.39, 0.29) is 0 Å². The fraction of sp³-hybridized carbons (Fsp3) is 0.200. The van der Waals surface area contributed by atoms with Crippen molar-refractivity contribution in [3.05, 3.63) is 79.6 Å². The third-order valence-electron chi connectivity index (χ3n) is 7.26. The van der Waals surface area contributed by atoms with Gasteiger partial charge in [-0.2, -0.15) is 5.10 Å². The Hall–Kier alpha value is -4.52. The number of rotatable bonds is 5. The Morgan fingerprint density at radius 1 is 0.703 bits per heavy atom. The van der Waals surface area contributed by atoms with Gasteiger partial charge in [0.2, 0.25) is 0 Å². The van der Waals surface area contributed by atoms with E-state index >= 15 is 0 Å². The van der Waals surface area contributed by atoms with Crippen molar-refractivity contribution in [2.45, 2.75) is 38.2 Å². The molecular formula is C30H26N6O. The number of benzene rings is 1. The minimum Gasteiger partial charge on any atom is -0.489 e. The van der Waals surface area contributed by atoms with Crippen LogP contribution < -0.4 is 4.74 Å². The van der Waals surface area contributed by atoms with Crippen molar-refractivity contribution < 1.29 is 4.74 Å². The average Bonchev–Trinajstić information content (AvgIpc) is 3.58. The molecule has 6 aromatic rings. The molecule has 0 aliphatic heterocycles. The first kappa shape index (κ1) is 21.7. The van der Waals surface area contributed by atoms with Crippen LogP contribution in [0.15, 0.2) is 79.6 Å². The molecule has 0 radical (unpaired) electrons. The van der Waals surface area contributed by atoms with Crippen molar-refractivity contribution in [1.29, 1.82) is 0 Å². The number of ether oxygens (including phenoxy) is 1. The first-order valence-electron chi connectivity index (χ1n) is 12.8. The van der Waals surface area contributed by atoms with Crippen LogP contribution in [0.5, 0.6) is 5.75 Å². The monoisotopic (exact) mass is 486 g/mol. The van der Waals surface area contributed by atoms with E-state index in [1.54, 1.807) is 12.4 Å². The highest BCUT2D eigenvalue weighted by molar-refractivity contribution is 6.01. The Bertz CT molecular complexity index is 1700. The summed E-state index contributed by atoms with van der Waals surface area (Å²) in [5.41, 5.74) is 8.00. The molecule has 1 aliphatic rings. The maximum absolute atomic E-state index is 6.27. The van der Waals surface area contributed by atoms with Crippen LogP contribution in [0.1, 0.15) is 32.1 Å². The highest BCUT2D eigenvalue weighted by Crippen LogP contribution is 2.35. The molecule has 7 heteroatoms. The largest absolute Gasteiger partial charge is 0.489 e. The number of hydrogen-bond donors (Lipinski definition) is 2. The maximum atomic E-state index is 6.27. The smallest absolute Gasteiger partial charge is 0.138 e. The van der Waals surface area contributed by atoms with Gasteiger partial charge in [-0.25, -0.2) is 0 Å². The minimum atomic E-state index is 0.294. The van der Waals surface area contributed by atoms with Crippen molar-refractivity contribution in [2.75, 3.05) is 0 Å². The van der Waals surface area contributed by atoms with Gasteiger partial charge in [-0.3, -0.25) is 20.1 Å². The van der Waals surface area contributed by atoms with Crippen LogP contribution >= 0.6 is 0 Å². The van der Waals surface area contributed by atoms with Crippen molar-refractivity contribution in [3.8, 4) is 39.4 Å². The molecule has 0 atom stereocenters. The van der Waals surface area contributed by atoms with Gasteiger partial charge in [0, 0.05) is 46.7 Å². The van der Waals surface area contributed by atoms with Gasteiger partial charge >= 0.3 is 0 Å². The van der Waals surface area contributed by atoms with E-state index in [2.05, 4.69) is 60.5 Å². The molecule has 1 aromatic carbocycles. The highest BCUT2D eigenvalue weighted by Gasteiger charge is 2.17. The molecule has 37 heavy (non-hydrogen) atoms. The van der Waals surface area contributed by atoms with E-state index in [1.807, 2.05) is 36.9 Å². The van der Waals surface area contributed by atoms with E-state index in [1.165, 1.54) is 19.3 Å². The Morgan fingerprint density at radius 2 is 1.57 bits per heavy atom. The molecule has 182 valence electrons. The average molecular weight is 487 g/mol. The van der Waals surface area contributed by atoms with Gasteiger partial charge in [0.05, 0.1) is 35.2 Å². The quantitative estimate of drug-likeness (QED) is 0.275. The summed E-state index contributed by atoms with van der Waals surface area (Å²) in [6, 6.07) is 14.6. The number of nitrogens with zero attached hydrogens (tertiary/aromatic N) is 4. The Balaban J connectivity index is 1.26. The summed E-state index contributed by atoms with van der Waals surface area (Å²) in [5.74, 6) is 0.837. The maximum Gasteiger partial charge on any atom is 0.138 e. The predicted octanol–water partition coefficient (Wildman–Crippen LogP) is 6.94. The third-order valence-corrected chi connectivity index (χ3v) is 7.26. The van der Waals surface area contributed by atoms with Crippen LogP contribution in [0, 0.1) is 0 Å². The summed E-state index contributed by atoms with van der Waals surface area (Å²) in [7, 11) is 0. The summed E-state index contributed by atoms with van der Waals surface area (Å²) in [6.07, 6.45) is 17.4. The van der Waals surface area contributed by atoms with Gasteiger partial charge in [0.1, 0.15) is 11.4 Å². The Kier molecular flexibility index (Phi) is 5.39. The molecular weight excluding hydrogens is 460 g/mol. The van der Waals surface area contributed by atoms with Crippen LogP contribution in [-0.2, 0) is 0 Å². The second kappa shape index (κ2) is 9.17. The van der Waals surface area contributed by atoms with Crippen LogP contribution in [-0.4, -0.2) is 36.2 Å². The molecule has 0 unspecified atom stereocenters. The number of fused-ring (bicyclic) bond motifs is 2. The normalized spacial score (nSPS) is 14.4. The first-order chi connectivity index (χ1) is 18.3. The van der Waals surface area contributed by atoms with Crippen LogP contribution in [0.2, 0.25) is 0 Å². The lowest BCUT2D eigenvalue weighted by Gasteiger charge is -2.23. The van der Waals surface area contributed by atoms with Crippen molar-refractivity contribution in [2.24, 2.45) is 0 Å². The summed E-state index contributed by atoms with van der Waals surface area (Å²) in [6.45, 7) is 0. The van der Waals surface area contributed by atoms with Gasteiger partial charge < -0.3 is 9.72 Å². The molecule has 1 saturated carbocycles. The van der Waals surface area contributed by atoms with E-state index in [9.17, 15) is 0 Å². The molecule has 0 spiro atoms. The van der Waals surface area contributed by atoms with E-state index < -0.39 is 0 Å². The molecule has 0 bridgehead atoms. The number of aromatic amines is 2. The standard InChI is InChI=1S/C30H26N6O/c1-2-4-22(5-3-1)37-23-12-21(15-32-16-23)20-6-7-27-25(13-20)30(36-35-27)28-14-24-26(17-33-18-29(24)34-28)19-8-10-31-11-9-19/h6-18,22,34H,1-5H2,(H,35,36). The molecule has 0 saturated heterocycles. The van der Waals surface area contributed by atoms with Crippen LogP contribution in [0.25, 0.3) is 55.4 Å². The molecule has 1 aliphatic carbocycles. The van der Waals surface area contributed by atoms with Crippen molar-refractivity contribution >= 4 is 21.8 Å². The molecule has 1 fully saturated rings. The lowest BCUT2D eigenvalue weighted by molar-refractivity contribution is 0.154. The van der Waals surface area contributed by atoms with Gasteiger partial charge in [0.25, 0.3) is 0 Å². The van der Waals surface area contributed by atoms with Crippen LogP contribution in [0.4, 0.5) is 0 Å². The SMILES string of the molecule is c1cc(-c2cncc3[nH]c(-c4n[nH]c5ccc(-c6cncc(OC7CCCCC7)c6)cc45)cc23)ccn1. The first-order valence-corrected chi connectivity index (χ1v) is 12.8. The second-order valence-electron chi connectivity index (χ2n) is 9.69. The Morgan fingerprint density at radius 3 is 2.46 bits per heavy atom. The highest BCUT2D eigenvalue weighted by atomic mass is 16.5. The minimum absolute atomic E-state index is 0.294. The van der Waals surface area contributed by atoms with Gasteiger partial charge in [0.15, 0.2) is 0 Å². The van der Waals surface area contributed by atoms with Gasteiger partial charge in [-0.05, 0) is 73.2 Å². The summed E-state index contributed by atoms with van der Waals surface area (Å²) in [4.78, 5) is 16.6. The predicted molar refractivity (Wildman–Crippen MR) is 145 cm³/mol. The van der Waals surface area contributed by atoms with Gasteiger partial charge in [-0.15, -0.1) is 0 Å². The molecule has 2 N–H and O–H groups in total. The number of hydrogen-bond acceptors (Lipinski definition) is 5. The zero-order valence-electron chi connectivity index (χ0n) is 20.3. The molecule has 0 amide bonds. The fourth-order valence-electron chi connectivity index (χ4n) is 5.36. The number of pyridine rings is 3. The lowest BCUT2D eigenvalue weighted by Crippen LogP contribution is -2.19. The van der Waals surface area contributed by atoms with E-state index in [0.29, 0.717) is 6.10 Å². The summed E-state index contributed by atoms with van der Waals surface area (Å²) in [5, 5.41) is 9.99. The third kappa shape index (κ3) is 4.12. The zero-order chi connectivity index (χ0) is 24.6. The van der Waals surface area contributed by atoms with Crippen LogP contribution in [0.3, 0.4) is 0 Å². The van der Waals surface area contributed by atoms with Gasteiger partial charge in [-0.1, -0.05) is 12.5 Å². The topological polar surface area (TPSA) is 92.4 Å². The summed E-state index contributed by atoms with van der Waals surface area (Å²) < 4.78 is 6.27. The van der Waals surface area contributed by atoms with Crippen molar-refractivity contribution in [3.63, 3.8) is 0 Å². The molecule has 7 nitrogen and oxygen atoms in total. The fourth-order valence-corrected chi connectivity index (χ4v) is 5.36. The number of H-pyrrole nitrogens is 2.